The van der Waals surface area contributed by atoms with Gasteiger partial charge in [-0.25, -0.2) is 0 Å². The summed E-state index contributed by atoms with van der Waals surface area (Å²) in [6.45, 7) is 2.85. The van der Waals surface area contributed by atoms with Crippen LogP contribution < -0.4 is 4.74 Å². The SMILES string of the molecule is CCCCOc1ccc(O)cc1-c1ccccc1. The van der Waals surface area contributed by atoms with Crippen LogP contribution in [0.4, 0.5) is 0 Å². The second-order valence-electron chi connectivity index (χ2n) is 4.25. The van der Waals surface area contributed by atoms with Gasteiger partial charge in [0.25, 0.3) is 0 Å². The quantitative estimate of drug-likeness (QED) is 0.795. The molecule has 0 saturated carbocycles. The molecule has 94 valence electrons. The third-order valence-corrected chi connectivity index (χ3v) is 2.80. The van der Waals surface area contributed by atoms with Crippen molar-refractivity contribution in [3.8, 4) is 22.6 Å². The molecule has 0 heterocycles. The molecule has 0 amide bonds. The summed E-state index contributed by atoms with van der Waals surface area (Å²) in [6.07, 6.45) is 2.15. The first-order valence-electron chi connectivity index (χ1n) is 6.32. The first kappa shape index (κ1) is 12.5. The van der Waals surface area contributed by atoms with E-state index in [1.54, 1.807) is 12.1 Å². The van der Waals surface area contributed by atoms with E-state index < -0.39 is 0 Å². The predicted molar refractivity (Wildman–Crippen MR) is 73.9 cm³/mol. The molecule has 0 saturated heterocycles. The average Bonchev–Trinajstić information content (AvgIpc) is 2.41. The van der Waals surface area contributed by atoms with E-state index in [0.29, 0.717) is 6.61 Å². The molecule has 2 aromatic carbocycles. The van der Waals surface area contributed by atoms with Gasteiger partial charge in [-0.2, -0.15) is 0 Å². The molecule has 0 radical (unpaired) electrons. The summed E-state index contributed by atoms with van der Waals surface area (Å²) in [5.41, 5.74) is 1.99. The van der Waals surface area contributed by atoms with Crippen LogP contribution in [0.1, 0.15) is 19.8 Å². The molecular formula is C16H18O2. The Morgan fingerprint density at radius 3 is 2.56 bits per heavy atom. The van der Waals surface area contributed by atoms with Gasteiger partial charge in [0, 0.05) is 5.56 Å². The van der Waals surface area contributed by atoms with Crippen LogP contribution in [0.5, 0.6) is 11.5 Å². The molecule has 0 aliphatic heterocycles. The highest BCUT2D eigenvalue weighted by Gasteiger charge is 2.07. The van der Waals surface area contributed by atoms with Crippen LogP contribution in [-0.4, -0.2) is 11.7 Å². The highest BCUT2D eigenvalue weighted by atomic mass is 16.5. The summed E-state index contributed by atoms with van der Waals surface area (Å²) >= 11 is 0. The normalized spacial score (nSPS) is 10.3. The third kappa shape index (κ3) is 3.04. The highest BCUT2D eigenvalue weighted by molar-refractivity contribution is 5.71. The minimum Gasteiger partial charge on any atom is -0.508 e. The number of benzene rings is 2. The highest BCUT2D eigenvalue weighted by Crippen LogP contribution is 2.33. The summed E-state index contributed by atoms with van der Waals surface area (Å²) in [6, 6.07) is 15.2. The Bertz CT molecular complexity index is 492. The fourth-order valence-electron chi connectivity index (χ4n) is 1.81. The summed E-state index contributed by atoms with van der Waals surface area (Å²) in [5.74, 6) is 1.09. The van der Waals surface area contributed by atoms with Crippen LogP contribution in [0.25, 0.3) is 11.1 Å². The molecule has 0 aliphatic carbocycles. The van der Waals surface area contributed by atoms with Crippen LogP contribution >= 0.6 is 0 Å². The topological polar surface area (TPSA) is 29.5 Å². The van der Waals surface area contributed by atoms with Crippen LogP contribution in [0, 0.1) is 0 Å². The van der Waals surface area contributed by atoms with Crippen molar-refractivity contribution in [2.45, 2.75) is 19.8 Å². The molecule has 0 aliphatic rings. The van der Waals surface area contributed by atoms with Gasteiger partial charge in [0.15, 0.2) is 0 Å². The Hall–Kier alpha value is -1.96. The summed E-state index contributed by atoms with van der Waals surface area (Å²) in [4.78, 5) is 0. The van der Waals surface area contributed by atoms with Crippen LogP contribution in [0.2, 0.25) is 0 Å². The maximum absolute atomic E-state index is 9.61. The number of phenols is 1. The fourth-order valence-corrected chi connectivity index (χ4v) is 1.81. The standard InChI is InChI=1S/C16H18O2/c1-2-3-11-18-16-10-9-14(17)12-15(16)13-7-5-4-6-8-13/h4-10,12,17H,2-3,11H2,1H3. The van der Waals surface area contributed by atoms with Crippen molar-refractivity contribution in [3.63, 3.8) is 0 Å². The Kier molecular flexibility index (Phi) is 4.24. The number of unbranched alkanes of at least 4 members (excludes halogenated alkanes) is 1. The van der Waals surface area contributed by atoms with Gasteiger partial charge >= 0.3 is 0 Å². The second kappa shape index (κ2) is 6.10. The van der Waals surface area contributed by atoms with Gasteiger partial charge in [0.1, 0.15) is 11.5 Å². The molecule has 1 N–H and O–H groups in total. The van der Waals surface area contributed by atoms with Gasteiger partial charge in [-0.05, 0) is 30.2 Å². The van der Waals surface area contributed by atoms with Gasteiger partial charge in [0.2, 0.25) is 0 Å². The van der Waals surface area contributed by atoms with Crippen molar-refractivity contribution in [2.24, 2.45) is 0 Å². The van der Waals surface area contributed by atoms with Crippen LogP contribution in [0.3, 0.4) is 0 Å². The molecule has 0 spiro atoms. The van der Waals surface area contributed by atoms with Crippen molar-refractivity contribution in [2.75, 3.05) is 6.61 Å². The van der Waals surface area contributed by atoms with Gasteiger partial charge in [0.05, 0.1) is 6.61 Å². The van der Waals surface area contributed by atoms with E-state index in [4.69, 9.17) is 4.74 Å². The van der Waals surface area contributed by atoms with Gasteiger partial charge in [-0.15, -0.1) is 0 Å². The Morgan fingerprint density at radius 1 is 1.06 bits per heavy atom. The maximum Gasteiger partial charge on any atom is 0.127 e. The molecule has 0 atom stereocenters. The molecule has 2 rings (SSSR count). The Labute approximate surface area is 108 Å². The number of phenolic OH excluding ortho intramolecular Hbond substituents is 1. The number of ether oxygens (including phenoxy) is 1. The number of rotatable bonds is 5. The van der Waals surface area contributed by atoms with Crippen molar-refractivity contribution in [1.82, 2.24) is 0 Å². The Morgan fingerprint density at radius 2 is 1.83 bits per heavy atom. The lowest BCUT2D eigenvalue weighted by Gasteiger charge is -2.11. The van der Waals surface area contributed by atoms with Crippen molar-refractivity contribution in [1.29, 1.82) is 0 Å². The average molecular weight is 242 g/mol. The minimum absolute atomic E-state index is 0.261. The minimum atomic E-state index is 0.261. The molecule has 0 unspecified atom stereocenters. The number of hydrogen-bond acceptors (Lipinski definition) is 2. The van der Waals surface area contributed by atoms with Gasteiger partial charge in [-0.3, -0.25) is 0 Å². The zero-order chi connectivity index (χ0) is 12.8. The summed E-state index contributed by atoms with van der Waals surface area (Å²) < 4.78 is 5.78. The first-order valence-corrected chi connectivity index (χ1v) is 6.32. The van der Waals surface area contributed by atoms with E-state index in [0.717, 1.165) is 29.7 Å². The zero-order valence-corrected chi connectivity index (χ0v) is 10.6. The Balaban J connectivity index is 2.29. The second-order valence-corrected chi connectivity index (χ2v) is 4.25. The van der Waals surface area contributed by atoms with E-state index in [1.165, 1.54) is 0 Å². The maximum atomic E-state index is 9.61. The molecule has 0 fully saturated rings. The van der Waals surface area contributed by atoms with Crippen molar-refractivity contribution in [3.05, 3.63) is 48.5 Å². The van der Waals surface area contributed by atoms with Gasteiger partial charge < -0.3 is 9.84 Å². The van der Waals surface area contributed by atoms with Gasteiger partial charge in [-0.1, -0.05) is 43.7 Å². The molecule has 2 nitrogen and oxygen atoms in total. The lowest BCUT2D eigenvalue weighted by atomic mass is 10.0. The molecule has 18 heavy (non-hydrogen) atoms. The van der Waals surface area contributed by atoms with E-state index in [1.807, 2.05) is 36.4 Å². The first-order chi connectivity index (χ1) is 8.81. The molecule has 2 heteroatoms. The van der Waals surface area contributed by atoms with E-state index in [2.05, 4.69) is 6.92 Å². The summed E-state index contributed by atoms with van der Waals surface area (Å²) in [7, 11) is 0. The van der Waals surface area contributed by atoms with E-state index in [-0.39, 0.29) is 5.75 Å². The van der Waals surface area contributed by atoms with Crippen LogP contribution in [-0.2, 0) is 0 Å². The number of hydrogen-bond donors (Lipinski definition) is 1. The largest absolute Gasteiger partial charge is 0.508 e. The molecule has 0 aromatic heterocycles. The smallest absolute Gasteiger partial charge is 0.127 e. The van der Waals surface area contributed by atoms with Crippen molar-refractivity contribution >= 4 is 0 Å². The lowest BCUT2D eigenvalue weighted by Crippen LogP contribution is -1.98. The zero-order valence-electron chi connectivity index (χ0n) is 10.6. The number of aromatic hydroxyl groups is 1. The third-order valence-electron chi connectivity index (χ3n) is 2.80. The van der Waals surface area contributed by atoms with Crippen LogP contribution in [0.15, 0.2) is 48.5 Å². The predicted octanol–water partition coefficient (Wildman–Crippen LogP) is 4.24. The lowest BCUT2D eigenvalue weighted by molar-refractivity contribution is 0.310. The molecular weight excluding hydrogens is 224 g/mol. The van der Waals surface area contributed by atoms with E-state index in [9.17, 15) is 5.11 Å². The summed E-state index contributed by atoms with van der Waals surface area (Å²) in [5, 5.41) is 9.61. The fraction of sp³-hybridized carbons (Fsp3) is 0.250. The monoisotopic (exact) mass is 242 g/mol. The molecule has 2 aromatic rings. The van der Waals surface area contributed by atoms with Crippen molar-refractivity contribution < 1.29 is 9.84 Å². The molecule has 0 bridgehead atoms. The van der Waals surface area contributed by atoms with E-state index >= 15 is 0 Å².